The van der Waals surface area contributed by atoms with Gasteiger partial charge >= 0.3 is 0 Å². The summed E-state index contributed by atoms with van der Waals surface area (Å²) in [6.45, 7) is 5.73. The number of hydrogen-bond donors (Lipinski definition) is 1. The van der Waals surface area contributed by atoms with Crippen LogP contribution in [-0.4, -0.2) is 57.8 Å². The van der Waals surface area contributed by atoms with E-state index in [9.17, 15) is 9.59 Å². The van der Waals surface area contributed by atoms with Gasteiger partial charge in [0.25, 0.3) is 5.91 Å². The molecule has 0 radical (unpaired) electrons. The largest absolute Gasteiger partial charge is 0.348 e. The number of H-pyrrole nitrogens is 1. The second-order valence-electron chi connectivity index (χ2n) is 4.17. The molecule has 6 heteroatoms. The van der Waals surface area contributed by atoms with E-state index in [2.05, 4.69) is 9.97 Å². The number of imidazole rings is 1. The van der Waals surface area contributed by atoms with Gasteiger partial charge in [0, 0.05) is 38.8 Å². The first-order chi connectivity index (χ1) is 8.09. The molecular formula is C11H16N4O2. The number of piperazine rings is 1. The topological polar surface area (TPSA) is 69.3 Å². The fourth-order valence-electron chi connectivity index (χ4n) is 1.95. The summed E-state index contributed by atoms with van der Waals surface area (Å²) < 4.78 is 0. The predicted molar refractivity (Wildman–Crippen MR) is 61.5 cm³/mol. The van der Waals surface area contributed by atoms with Crippen LogP contribution in [0.1, 0.15) is 23.1 Å². The summed E-state index contributed by atoms with van der Waals surface area (Å²) in [5, 5.41) is 0. The number of hydrogen-bond acceptors (Lipinski definition) is 3. The Labute approximate surface area is 99.6 Å². The lowest BCUT2D eigenvalue weighted by atomic mass is 10.2. The highest BCUT2D eigenvalue weighted by molar-refractivity contribution is 5.93. The van der Waals surface area contributed by atoms with E-state index in [-0.39, 0.29) is 11.8 Å². The summed E-state index contributed by atoms with van der Waals surface area (Å²) in [7, 11) is 0. The maximum atomic E-state index is 12.1. The van der Waals surface area contributed by atoms with Crippen molar-refractivity contribution in [2.75, 3.05) is 26.2 Å². The van der Waals surface area contributed by atoms with Crippen LogP contribution in [0.15, 0.2) is 6.33 Å². The van der Waals surface area contributed by atoms with Crippen LogP contribution in [0.4, 0.5) is 0 Å². The molecule has 0 unspecified atom stereocenters. The van der Waals surface area contributed by atoms with Gasteiger partial charge in [-0.15, -0.1) is 0 Å². The highest BCUT2D eigenvalue weighted by Gasteiger charge is 2.25. The highest BCUT2D eigenvalue weighted by Crippen LogP contribution is 2.09. The smallest absolute Gasteiger partial charge is 0.274 e. The van der Waals surface area contributed by atoms with E-state index < -0.39 is 0 Å². The van der Waals surface area contributed by atoms with Gasteiger partial charge in [0.05, 0.1) is 6.33 Å². The van der Waals surface area contributed by atoms with Crippen LogP contribution in [0.5, 0.6) is 0 Å². The molecule has 2 heterocycles. The molecule has 2 rings (SSSR count). The molecule has 2 amide bonds. The molecule has 6 nitrogen and oxygen atoms in total. The molecule has 1 aromatic heterocycles. The number of nitrogens with one attached hydrogen (secondary N) is 1. The Bertz CT molecular complexity index is 432. The first-order valence-electron chi connectivity index (χ1n) is 5.64. The predicted octanol–water partition coefficient (Wildman–Crippen LogP) is 0.0224. The molecule has 0 saturated carbocycles. The molecule has 1 N–H and O–H groups in total. The lowest BCUT2D eigenvalue weighted by Crippen LogP contribution is -2.50. The van der Waals surface area contributed by atoms with Crippen molar-refractivity contribution in [3.05, 3.63) is 17.7 Å². The van der Waals surface area contributed by atoms with Crippen molar-refractivity contribution in [3.63, 3.8) is 0 Å². The monoisotopic (exact) mass is 236 g/mol. The number of carbonyl (C=O) groups is 2. The summed E-state index contributed by atoms with van der Waals surface area (Å²) in [5.74, 6) is 0.000000945. The fraction of sp³-hybridized carbons (Fsp3) is 0.545. The van der Waals surface area contributed by atoms with E-state index in [1.54, 1.807) is 16.7 Å². The zero-order valence-corrected chi connectivity index (χ0v) is 10.1. The van der Waals surface area contributed by atoms with Crippen molar-refractivity contribution in [2.24, 2.45) is 0 Å². The number of nitrogens with zero attached hydrogens (tertiary/aromatic N) is 3. The van der Waals surface area contributed by atoms with Gasteiger partial charge < -0.3 is 14.8 Å². The Morgan fingerprint density at radius 1 is 1.24 bits per heavy atom. The molecule has 92 valence electrons. The van der Waals surface area contributed by atoms with Crippen molar-refractivity contribution in [2.45, 2.75) is 13.8 Å². The summed E-state index contributed by atoms with van der Waals surface area (Å²) in [6, 6.07) is 0. The molecule has 1 saturated heterocycles. The molecule has 0 spiro atoms. The zero-order chi connectivity index (χ0) is 12.4. The number of carbonyl (C=O) groups excluding carboxylic acids is 2. The average molecular weight is 236 g/mol. The standard InChI is InChI=1S/C11H16N4O2/c1-8-10(13-7-12-8)11(17)15-5-3-14(4-6-15)9(2)16/h7H,3-6H2,1-2H3,(H,12,13). The summed E-state index contributed by atoms with van der Waals surface area (Å²) >= 11 is 0. The normalized spacial score (nSPS) is 16.1. The van der Waals surface area contributed by atoms with Crippen LogP contribution in [0.3, 0.4) is 0 Å². The second kappa shape index (κ2) is 4.57. The van der Waals surface area contributed by atoms with Gasteiger partial charge in [0.1, 0.15) is 5.69 Å². The molecule has 1 fully saturated rings. The molecule has 0 bridgehead atoms. The Hall–Kier alpha value is -1.85. The van der Waals surface area contributed by atoms with Gasteiger partial charge in [-0.3, -0.25) is 9.59 Å². The van der Waals surface area contributed by atoms with Crippen LogP contribution in [0.2, 0.25) is 0 Å². The van der Waals surface area contributed by atoms with E-state index in [1.165, 1.54) is 6.33 Å². The van der Waals surface area contributed by atoms with Crippen LogP contribution in [0, 0.1) is 6.92 Å². The van der Waals surface area contributed by atoms with Gasteiger partial charge in [-0.05, 0) is 6.92 Å². The number of aryl methyl sites for hydroxylation is 1. The van der Waals surface area contributed by atoms with Crippen LogP contribution < -0.4 is 0 Å². The minimum Gasteiger partial charge on any atom is -0.348 e. The van der Waals surface area contributed by atoms with Crippen molar-refractivity contribution in [1.29, 1.82) is 0 Å². The third-order valence-corrected chi connectivity index (χ3v) is 3.04. The Morgan fingerprint density at radius 3 is 2.29 bits per heavy atom. The minimum absolute atomic E-state index is 0.0630. The van der Waals surface area contributed by atoms with Gasteiger partial charge in [-0.1, -0.05) is 0 Å². The van der Waals surface area contributed by atoms with Crippen molar-refractivity contribution in [1.82, 2.24) is 19.8 Å². The van der Waals surface area contributed by atoms with Crippen LogP contribution in [-0.2, 0) is 4.79 Å². The number of rotatable bonds is 1. The third-order valence-electron chi connectivity index (χ3n) is 3.04. The number of aromatic nitrogens is 2. The van der Waals surface area contributed by atoms with Gasteiger partial charge in [-0.2, -0.15) is 0 Å². The van der Waals surface area contributed by atoms with Gasteiger partial charge in [-0.25, -0.2) is 4.98 Å². The van der Waals surface area contributed by atoms with E-state index in [0.717, 1.165) is 5.69 Å². The van der Waals surface area contributed by atoms with Gasteiger partial charge in [0.15, 0.2) is 0 Å². The van der Waals surface area contributed by atoms with Crippen LogP contribution in [0.25, 0.3) is 0 Å². The zero-order valence-electron chi connectivity index (χ0n) is 10.1. The summed E-state index contributed by atoms with van der Waals surface area (Å²) in [5.41, 5.74) is 1.25. The molecule has 1 aliphatic rings. The van der Waals surface area contributed by atoms with Crippen LogP contribution >= 0.6 is 0 Å². The maximum absolute atomic E-state index is 12.1. The molecule has 1 aliphatic heterocycles. The Kier molecular flexibility index (Phi) is 3.12. The van der Waals surface area contributed by atoms with E-state index in [1.807, 2.05) is 6.92 Å². The van der Waals surface area contributed by atoms with Crippen molar-refractivity contribution in [3.8, 4) is 0 Å². The summed E-state index contributed by atoms with van der Waals surface area (Å²) in [4.78, 5) is 33.7. The molecule has 0 atom stereocenters. The number of aromatic amines is 1. The van der Waals surface area contributed by atoms with Crippen molar-refractivity contribution >= 4 is 11.8 Å². The first-order valence-corrected chi connectivity index (χ1v) is 5.64. The van der Waals surface area contributed by atoms with E-state index >= 15 is 0 Å². The summed E-state index contributed by atoms with van der Waals surface area (Å²) in [6.07, 6.45) is 1.52. The Balaban J connectivity index is 2.00. The fourth-order valence-corrected chi connectivity index (χ4v) is 1.95. The maximum Gasteiger partial charge on any atom is 0.274 e. The van der Waals surface area contributed by atoms with E-state index in [0.29, 0.717) is 31.9 Å². The minimum atomic E-state index is -0.0630. The lowest BCUT2D eigenvalue weighted by Gasteiger charge is -2.33. The molecule has 0 aromatic carbocycles. The number of amides is 2. The van der Waals surface area contributed by atoms with Gasteiger partial charge in [0.2, 0.25) is 5.91 Å². The van der Waals surface area contributed by atoms with E-state index in [4.69, 9.17) is 0 Å². The first kappa shape index (κ1) is 11.6. The second-order valence-corrected chi connectivity index (χ2v) is 4.17. The molecular weight excluding hydrogens is 220 g/mol. The van der Waals surface area contributed by atoms with Crippen molar-refractivity contribution < 1.29 is 9.59 Å². The quantitative estimate of drug-likeness (QED) is 0.747. The molecule has 1 aromatic rings. The third kappa shape index (κ3) is 2.30. The average Bonchev–Trinajstić information content (AvgIpc) is 2.74. The molecule has 0 aliphatic carbocycles. The molecule has 17 heavy (non-hydrogen) atoms. The highest BCUT2D eigenvalue weighted by atomic mass is 16.2. The SMILES string of the molecule is CC(=O)N1CCN(C(=O)c2nc[nH]c2C)CC1. The Morgan fingerprint density at radius 2 is 1.82 bits per heavy atom. The lowest BCUT2D eigenvalue weighted by molar-refractivity contribution is -0.130.